The number of amides is 3. The quantitative estimate of drug-likeness (QED) is 0.636. The van der Waals surface area contributed by atoms with Crippen molar-refractivity contribution in [1.29, 1.82) is 0 Å². The molecule has 9 nitrogen and oxygen atoms in total. The normalized spacial score (nSPS) is 23.8. The van der Waals surface area contributed by atoms with Gasteiger partial charge in [-0.15, -0.1) is 0 Å². The SMILES string of the molecule is CCc1nccn1CCC(=O)N1CC2CN(C(=O)CNC(C)=O)CC2(CO)C1. The molecule has 28 heavy (non-hydrogen) atoms. The Balaban J connectivity index is 1.55. The summed E-state index contributed by atoms with van der Waals surface area (Å²) in [5.41, 5.74) is -0.467. The minimum atomic E-state index is -0.467. The Morgan fingerprint density at radius 3 is 2.50 bits per heavy atom. The van der Waals surface area contributed by atoms with Crippen molar-refractivity contribution in [2.24, 2.45) is 11.3 Å². The minimum absolute atomic E-state index is 0.0309. The third-order valence-corrected chi connectivity index (χ3v) is 5.95. The summed E-state index contributed by atoms with van der Waals surface area (Å²) in [7, 11) is 0. The molecule has 9 heteroatoms. The number of imidazole rings is 1. The smallest absolute Gasteiger partial charge is 0.241 e. The number of hydrogen-bond donors (Lipinski definition) is 2. The van der Waals surface area contributed by atoms with Gasteiger partial charge in [0, 0.05) is 76.2 Å². The number of fused-ring (bicyclic) bond motifs is 1. The maximum absolute atomic E-state index is 12.7. The van der Waals surface area contributed by atoms with Gasteiger partial charge in [0.05, 0.1) is 13.2 Å². The summed E-state index contributed by atoms with van der Waals surface area (Å²) in [5.74, 6) is 0.690. The van der Waals surface area contributed by atoms with E-state index in [1.807, 2.05) is 22.6 Å². The number of aliphatic hydroxyl groups excluding tert-OH is 1. The molecule has 0 aromatic carbocycles. The molecule has 3 rings (SSSR count). The Morgan fingerprint density at radius 2 is 1.93 bits per heavy atom. The van der Waals surface area contributed by atoms with Gasteiger partial charge in [0.1, 0.15) is 5.82 Å². The zero-order chi connectivity index (χ0) is 20.3. The molecule has 2 aliphatic rings. The number of likely N-dealkylation sites (tertiary alicyclic amines) is 2. The third kappa shape index (κ3) is 4.04. The largest absolute Gasteiger partial charge is 0.396 e. The molecular weight excluding hydrogens is 362 g/mol. The van der Waals surface area contributed by atoms with E-state index in [1.54, 1.807) is 11.1 Å². The lowest BCUT2D eigenvalue weighted by atomic mass is 9.82. The van der Waals surface area contributed by atoms with E-state index in [1.165, 1.54) is 6.92 Å². The van der Waals surface area contributed by atoms with Gasteiger partial charge < -0.3 is 24.8 Å². The van der Waals surface area contributed by atoms with E-state index in [2.05, 4.69) is 10.3 Å². The number of nitrogens with one attached hydrogen (secondary N) is 1. The van der Waals surface area contributed by atoms with Crippen molar-refractivity contribution < 1.29 is 19.5 Å². The van der Waals surface area contributed by atoms with E-state index in [0.717, 1.165) is 12.2 Å². The second-order valence-electron chi connectivity index (χ2n) is 7.82. The molecule has 3 heterocycles. The molecule has 2 fully saturated rings. The van der Waals surface area contributed by atoms with Crippen molar-refractivity contribution in [3.63, 3.8) is 0 Å². The number of carbonyl (C=O) groups excluding carboxylic acids is 3. The number of hydrogen-bond acceptors (Lipinski definition) is 5. The van der Waals surface area contributed by atoms with Crippen molar-refractivity contribution in [2.45, 2.75) is 33.2 Å². The van der Waals surface area contributed by atoms with Crippen LogP contribution in [0.15, 0.2) is 12.4 Å². The van der Waals surface area contributed by atoms with E-state index in [0.29, 0.717) is 39.1 Å². The van der Waals surface area contributed by atoms with Crippen LogP contribution >= 0.6 is 0 Å². The van der Waals surface area contributed by atoms with Crippen LogP contribution in [-0.2, 0) is 27.3 Å². The molecule has 0 spiro atoms. The minimum Gasteiger partial charge on any atom is -0.396 e. The number of aromatic nitrogens is 2. The highest BCUT2D eigenvalue weighted by molar-refractivity contribution is 5.84. The maximum atomic E-state index is 12.7. The van der Waals surface area contributed by atoms with E-state index < -0.39 is 5.41 Å². The first-order chi connectivity index (χ1) is 13.4. The highest BCUT2D eigenvalue weighted by atomic mass is 16.3. The first kappa shape index (κ1) is 20.3. The van der Waals surface area contributed by atoms with Crippen LogP contribution in [0.5, 0.6) is 0 Å². The molecule has 154 valence electrons. The molecule has 0 radical (unpaired) electrons. The summed E-state index contributed by atoms with van der Waals surface area (Å²) >= 11 is 0. The first-order valence-electron chi connectivity index (χ1n) is 9.79. The Bertz CT molecular complexity index is 748. The van der Waals surface area contributed by atoms with Gasteiger partial charge >= 0.3 is 0 Å². The highest BCUT2D eigenvalue weighted by Gasteiger charge is 2.53. The van der Waals surface area contributed by atoms with Crippen LogP contribution in [0.1, 0.15) is 26.1 Å². The average molecular weight is 391 g/mol. The number of aryl methyl sites for hydroxylation is 2. The topological polar surface area (TPSA) is 108 Å². The Labute approximate surface area is 164 Å². The van der Waals surface area contributed by atoms with Crippen LogP contribution < -0.4 is 5.32 Å². The number of nitrogens with zero attached hydrogens (tertiary/aromatic N) is 4. The van der Waals surface area contributed by atoms with Gasteiger partial charge in [0.15, 0.2) is 0 Å². The fourth-order valence-electron chi connectivity index (χ4n) is 4.33. The van der Waals surface area contributed by atoms with Crippen molar-refractivity contribution in [3.05, 3.63) is 18.2 Å². The summed E-state index contributed by atoms with van der Waals surface area (Å²) < 4.78 is 2.00. The Hall–Kier alpha value is -2.42. The van der Waals surface area contributed by atoms with Crippen molar-refractivity contribution in [3.8, 4) is 0 Å². The fraction of sp³-hybridized carbons (Fsp3) is 0.684. The fourth-order valence-corrected chi connectivity index (χ4v) is 4.33. The van der Waals surface area contributed by atoms with Crippen LogP contribution in [-0.4, -0.2) is 81.5 Å². The standard InChI is InChI=1S/C19H29N5O4/c1-3-16-20-5-7-22(16)6-4-17(27)23-9-15-10-24(12-19(15,11-23)13-25)18(28)8-21-14(2)26/h5,7,15,25H,3-4,6,8-13H2,1-2H3,(H,21,26). The van der Waals surface area contributed by atoms with E-state index in [4.69, 9.17) is 0 Å². The van der Waals surface area contributed by atoms with E-state index >= 15 is 0 Å². The Kier molecular flexibility index (Phi) is 6.02. The molecule has 2 N–H and O–H groups in total. The van der Waals surface area contributed by atoms with Gasteiger partial charge in [0.25, 0.3) is 0 Å². The van der Waals surface area contributed by atoms with Crippen molar-refractivity contribution in [1.82, 2.24) is 24.7 Å². The van der Waals surface area contributed by atoms with E-state index in [9.17, 15) is 19.5 Å². The molecule has 1 aromatic rings. The van der Waals surface area contributed by atoms with Crippen LogP contribution in [0.2, 0.25) is 0 Å². The second kappa shape index (κ2) is 8.30. The Morgan fingerprint density at radius 1 is 1.25 bits per heavy atom. The zero-order valence-corrected chi connectivity index (χ0v) is 16.6. The van der Waals surface area contributed by atoms with Gasteiger partial charge in [0.2, 0.25) is 17.7 Å². The van der Waals surface area contributed by atoms with Gasteiger partial charge in [-0.05, 0) is 0 Å². The lowest BCUT2D eigenvalue weighted by Crippen LogP contribution is -2.43. The molecule has 0 aliphatic carbocycles. The number of rotatable bonds is 7. The predicted octanol–water partition coefficient (Wildman–Crippen LogP) is -0.749. The molecule has 2 atom stereocenters. The van der Waals surface area contributed by atoms with Crippen LogP contribution in [0.4, 0.5) is 0 Å². The summed E-state index contributed by atoms with van der Waals surface area (Å²) in [6.07, 6.45) is 4.85. The van der Waals surface area contributed by atoms with Gasteiger partial charge in [-0.3, -0.25) is 14.4 Å². The maximum Gasteiger partial charge on any atom is 0.241 e. The van der Waals surface area contributed by atoms with Crippen molar-refractivity contribution in [2.75, 3.05) is 39.3 Å². The summed E-state index contributed by atoms with van der Waals surface area (Å²) in [5, 5.41) is 12.6. The van der Waals surface area contributed by atoms with Crippen molar-refractivity contribution >= 4 is 17.7 Å². The monoisotopic (exact) mass is 391 g/mol. The highest BCUT2D eigenvalue weighted by Crippen LogP contribution is 2.42. The lowest BCUT2D eigenvalue weighted by Gasteiger charge is -2.27. The third-order valence-electron chi connectivity index (χ3n) is 5.95. The lowest BCUT2D eigenvalue weighted by molar-refractivity contribution is -0.133. The summed E-state index contributed by atoms with van der Waals surface area (Å²) in [4.78, 5) is 43.8. The molecule has 0 bridgehead atoms. The van der Waals surface area contributed by atoms with Crippen LogP contribution in [0.25, 0.3) is 0 Å². The zero-order valence-electron chi connectivity index (χ0n) is 16.6. The molecule has 2 unspecified atom stereocenters. The van der Waals surface area contributed by atoms with Crippen LogP contribution in [0, 0.1) is 11.3 Å². The molecule has 1 aromatic heterocycles. The molecule has 2 aliphatic heterocycles. The summed E-state index contributed by atoms with van der Waals surface area (Å²) in [6.45, 7) is 5.84. The number of carbonyl (C=O) groups is 3. The van der Waals surface area contributed by atoms with Gasteiger partial charge in [-0.25, -0.2) is 4.98 Å². The molecule has 0 saturated carbocycles. The number of aliphatic hydroxyl groups is 1. The average Bonchev–Trinajstić information content (AvgIpc) is 3.35. The summed E-state index contributed by atoms with van der Waals surface area (Å²) in [6, 6.07) is 0. The van der Waals surface area contributed by atoms with Gasteiger partial charge in [-0.1, -0.05) is 6.92 Å². The second-order valence-corrected chi connectivity index (χ2v) is 7.82. The molecule has 3 amide bonds. The van der Waals surface area contributed by atoms with Gasteiger partial charge in [-0.2, -0.15) is 0 Å². The predicted molar refractivity (Wildman–Crippen MR) is 101 cm³/mol. The van der Waals surface area contributed by atoms with Crippen LogP contribution in [0.3, 0.4) is 0 Å². The molecular formula is C19H29N5O4. The van der Waals surface area contributed by atoms with E-state index in [-0.39, 0.29) is 36.8 Å². The first-order valence-corrected chi connectivity index (χ1v) is 9.79. The molecule has 2 saturated heterocycles.